The zero-order chi connectivity index (χ0) is 38.2. The lowest BCUT2D eigenvalue weighted by Gasteiger charge is -2.41. The van der Waals surface area contributed by atoms with Crippen molar-refractivity contribution in [3.05, 3.63) is 89.5 Å². The van der Waals surface area contributed by atoms with Gasteiger partial charge in [0.1, 0.15) is 17.3 Å². The van der Waals surface area contributed by atoms with Crippen LogP contribution in [-0.2, 0) is 53.2 Å². The second-order valence-corrected chi connectivity index (χ2v) is 16.8. The predicted octanol–water partition coefficient (Wildman–Crippen LogP) is 4.97. The summed E-state index contributed by atoms with van der Waals surface area (Å²) in [5.41, 5.74) is 11.2. The minimum absolute atomic E-state index is 0.0508. The Hall–Kier alpha value is -4.69. The van der Waals surface area contributed by atoms with Crippen LogP contribution < -0.4 is 20.5 Å². The number of aryl methyl sites for hydroxylation is 2. The molecule has 1 saturated carbocycles. The van der Waals surface area contributed by atoms with Gasteiger partial charge in [-0.1, -0.05) is 44.2 Å². The molecule has 3 amide bonds. The van der Waals surface area contributed by atoms with Gasteiger partial charge >= 0.3 is 10.4 Å². The minimum atomic E-state index is -3.92. The maximum absolute atomic E-state index is 14.1. The molecule has 284 valence electrons. The van der Waals surface area contributed by atoms with Gasteiger partial charge in [-0.3, -0.25) is 14.4 Å². The molecule has 2 heterocycles. The molecule has 12 nitrogen and oxygen atoms in total. The van der Waals surface area contributed by atoms with Crippen LogP contribution >= 0.6 is 0 Å². The zero-order valence-electron chi connectivity index (χ0n) is 30.9. The van der Waals surface area contributed by atoms with Crippen LogP contribution in [0.1, 0.15) is 62.6 Å². The van der Waals surface area contributed by atoms with Crippen LogP contribution in [-0.4, -0.2) is 69.5 Å². The van der Waals surface area contributed by atoms with E-state index in [2.05, 4.69) is 28.2 Å². The maximum atomic E-state index is 14.1. The normalized spacial score (nSPS) is 20.5. The Labute approximate surface area is 316 Å². The molecule has 0 spiro atoms. The number of carbonyl (C=O) groups is 3. The SMILES string of the molecule is COc1ccc2c(COC3C[C@@H](C(=O)NC4(C(=O)N[S+](=O)(O)c5ccccc5)CCC4)N(C(=O)[C@@H](N)C(C)C)C3)cc(-c3ccc4c(c3)CCC4)nc2c1. The molecular weight excluding hydrogens is 707 g/mol. The first-order valence-electron chi connectivity index (χ1n) is 18.6. The van der Waals surface area contributed by atoms with E-state index in [-0.39, 0.29) is 49.1 Å². The molecule has 2 fully saturated rings. The van der Waals surface area contributed by atoms with Crippen LogP contribution in [0.5, 0.6) is 5.75 Å². The summed E-state index contributed by atoms with van der Waals surface area (Å²) >= 11 is 0. The van der Waals surface area contributed by atoms with Gasteiger partial charge in [0.15, 0.2) is 0 Å². The Kier molecular flexibility index (Phi) is 10.6. The molecule has 0 bridgehead atoms. The highest BCUT2D eigenvalue weighted by Gasteiger charge is 2.52. The second kappa shape index (κ2) is 15.2. The maximum Gasteiger partial charge on any atom is 0.348 e. The predicted molar refractivity (Wildman–Crippen MR) is 206 cm³/mol. The molecule has 2 aliphatic carbocycles. The smallest absolute Gasteiger partial charge is 0.348 e. The molecule has 4 atom stereocenters. The summed E-state index contributed by atoms with van der Waals surface area (Å²) in [6, 6.07) is 20.3. The summed E-state index contributed by atoms with van der Waals surface area (Å²) in [5.74, 6) is -1.16. The van der Waals surface area contributed by atoms with Crippen LogP contribution in [0.25, 0.3) is 22.2 Å². The van der Waals surface area contributed by atoms with Crippen molar-refractivity contribution in [1.29, 1.82) is 0 Å². The van der Waals surface area contributed by atoms with E-state index in [0.717, 1.165) is 47.0 Å². The van der Waals surface area contributed by atoms with Gasteiger partial charge in [-0.25, -0.2) is 4.98 Å². The van der Waals surface area contributed by atoms with Gasteiger partial charge < -0.3 is 25.4 Å². The molecule has 2 unspecified atom stereocenters. The molecule has 1 saturated heterocycles. The standard InChI is InChI=1S/C41H47N5O7S/c1-25(2)37(42)39(48)46-23-31(22-36(46)38(47)44-41(17-8-18-41)40(49)45-54(50,51)32-11-5-4-6-12-32)53-24-29-20-34(28-14-13-26-9-7-10-27(26)19-28)43-35-21-30(52-3)15-16-33(29)35/h4-6,11-16,19-21,25,31,36-37H,7-10,17-18,22-24,42H2,1-3H3,(H2-,44,45,47,49,50,51)/p+1/t31?,36-,37-/m0/s1. The molecule has 0 radical (unpaired) electrons. The van der Waals surface area contributed by atoms with E-state index in [1.54, 1.807) is 25.3 Å². The average molecular weight is 755 g/mol. The van der Waals surface area contributed by atoms with E-state index in [0.29, 0.717) is 12.2 Å². The fraction of sp³-hybridized carbons (Fsp3) is 0.415. The fourth-order valence-corrected chi connectivity index (χ4v) is 8.74. The first kappa shape index (κ1) is 37.6. The van der Waals surface area contributed by atoms with E-state index in [4.69, 9.17) is 20.2 Å². The van der Waals surface area contributed by atoms with Gasteiger partial charge in [-0.15, -0.1) is 4.72 Å². The Morgan fingerprint density at radius 3 is 2.48 bits per heavy atom. The number of hydrogen-bond donors (Lipinski definition) is 4. The number of pyridine rings is 1. The van der Waals surface area contributed by atoms with Gasteiger partial charge in [-0.05, 0) is 102 Å². The topological polar surface area (TPSA) is 173 Å². The Morgan fingerprint density at radius 2 is 1.78 bits per heavy atom. The van der Waals surface area contributed by atoms with Crippen molar-refractivity contribution in [1.82, 2.24) is 19.9 Å². The van der Waals surface area contributed by atoms with Gasteiger partial charge in [0.25, 0.3) is 5.91 Å². The molecular formula is C41H48N5O7S+. The fourth-order valence-electron chi connectivity index (χ4n) is 7.65. The third-order valence-electron chi connectivity index (χ3n) is 11.1. The molecule has 1 aliphatic heterocycles. The number of rotatable bonds is 12. The number of benzene rings is 3. The number of nitrogens with zero attached hydrogens (tertiary/aromatic N) is 2. The monoisotopic (exact) mass is 754 g/mol. The van der Waals surface area contributed by atoms with E-state index < -0.39 is 45.9 Å². The van der Waals surface area contributed by atoms with Gasteiger partial charge in [0.05, 0.1) is 37.1 Å². The van der Waals surface area contributed by atoms with E-state index in [9.17, 15) is 23.1 Å². The van der Waals surface area contributed by atoms with Gasteiger partial charge in [0.2, 0.25) is 16.7 Å². The minimum Gasteiger partial charge on any atom is -0.497 e. The lowest BCUT2D eigenvalue weighted by Crippen LogP contribution is -2.66. The summed E-state index contributed by atoms with van der Waals surface area (Å²) in [6.45, 7) is 4.01. The van der Waals surface area contributed by atoms with Crippen molar-refractivity contribution in [2.24, 2.45) is 11.7 Å². The summed E-state index contributed by atoms with van der Waals surface area (Å²) in [6.07, 6.45) is 4.15. The van der Waals surface area contributed by atoms with E-state index in [1.807, 2.05) is 38.1 Å². The quantitative estimate of drug-likeness (QED) is 0.146. The highest BCUT2D eigenvalue weighted by atomic mass is 32.3. The van der Waals surface area contributed by atoms with Crippen molar-refractivity contribution < 1.29 is 32.6 Å². The average Bonchev–Trinajstić information content (AvgIpc) is 3.81. The first-order chi connectivity index (χ1) is 25.9. The lowest BCUT2D eigenvalue weighted by molar-refractivity contribution is -0.143. The molecule has 3 aromatic carbocycles. The van der Waals surface area contributed by atoms with E-state index >= 15 is 0 Å². The number of fused-ring (bicyclic) bond motifs is 2. The number of ether oxygens (including phenoxy) is 2. The number of carbonyl (C=O) groups excluding carboxylic acids is 3. The third kappa shape index (κ3) is 7.50. The number of likely N-dealkylation sites (tertiary alicyclic amines) is 1. The van der Waals surface area contributed by atoms with E-state index in [1.165, 1.54) is 28.2 Å². The van der Waals surface area contributed by atoms with Gasteiger partial charge in [-0.2, -0.15) is 4.55 Å². The van der Waals surface area contributed by atoms with Crippen LogP contribution in [0.15, 0.2) is 77.7 Å². The number of hydrogen-bond acceptors (Lipinski definition) is 8. The number of aromatic nitrogens is 1. The molecule has 7 rings (SSSR count). The van der Waals surface area contributed by atoms with Crippen LogP contribution in [0.2, 0.25) is 0 Å². The number of methoxy groups -OCH3 is 1. The number of amides is 3. The lowest BCUT2D eigenvalue weighted by atomic mass is 9.76. The Balaban J connectivity index is 1.12. The summed E-state index contributed by atoms with van der Waals surface area (Å²) in [7, 11) is -2.30. The highest BCUT2D eigenvalue weighted by Crippen LogP contribution is 2.35. The summed E-state index contributed by atoms with van der Waals surface area (Å²) in [4.78, 5) is 47.9. The Bertz CT molecular complexity index is 2120. The molecule has 13 heteroatoms. The molecule has 54 heavy (non-hydrogen) atoms. The molecule has 1 aromatic heterocycles. The molecule has 5 N–H and O–H groups in total. The summed E-state index contributed by atoms with van der Waals surface area (Å²) < 4.78 is 38.1. The number of nitrogens with one attached hydrogen (secondary N) is 2. The van der Waals surface area contributed by atoms with Crippen molar-refractivity contribution in [2.45, 2.75) is 94.0 Å². The van der Waals surface area contributed by atoms with Gasteiger partial charge in [0, 0.05) is 30.0 Å². The van der Waals surface area contributed by atoms with Crippen molar-refractivity contribution in [2.75, 3.05) is 13.7 Å². The second-order valence-electron chi connectivity index (χ2n) is 15.0. The van der Waals surface area contributed by atoms with Crippen LogP contribution in [0.4, 0.5) is 0 Å². The first-order valence-corrected chi connectivity index (χ1v) is 20.1. The van der Waals surface area contributed by atoms with Crippen molar-refractivity contribution in [3.63, 3.8) is 0 Å². The Morgan fingerprint density at radius 1 is 1.02 bits per heavy atom. The number of nitrogens with two attached hydrogens (primary N) is 1. The molecule has 4 aromatic rings. The third-order valence-corrected chi connectivity index (χ3v) is 12.5. The largest absolute Gasteiger partial charge is 0.497 e. The molecule has 3 aliphatic rings. The van der Waals surface area contributed by atoms with Crippen molar-refractivity contribution >= 4 is 39.0 Å². The van der Waals surface area contributed by atoms with Crippen molar-refractivity contribution in [3.8, 4) is 17.0 Å². The highest BCUT2D eigenvalue weighted by molar-refractivity contribution is 7.96. The van der Waals surface area contributed by atoms with Crippen LogP contribution in [0, 0.1) is 5.92 Å². The van der Waals surface area contributed by atoms with Crippen LogP contribution in [0.3, 0.4) is 0 Å². The zero-order valence-corrected chi connectivity index (χ0v) is 31.7. The summed E-state index contributed by atoms with van der Waals surface area (Å²) in [5, 5.41) is 3.77.